The summed E-state index contributed by atoms with van der Waals surface area (Å²) < 4.78 is 31.7. The number of carbonyl (C=O) groups is 2. The fourth-order valence-corrected chi connectivity index (χ4v) is 2.07. The van der Waals surface area contributed by atoms with Gasteiger partial charge in [0.2, 0.25) is 0 Å². The van der Waals surface area contributed by atoms with Gasteiger partial charge in [-0.25, -0.2) is 8.78 Å². The Bertz CT molecular complexity index is 777. The molecular formula is C15H10F2N2O3. The molecule has 0 saturated carbocycles. The molecule has 1 aliphatic rings. The van der Waals surface area contributed by atoms with E-state index in [0.29, 0.717) is 11.8 Å². The largest absolute Gasteiger partial charge is 0.481 e. The zero-order valence-corrected chi connectivity index (χ0v) is 11.2. The number of ether oxygens (including phenoxy) is 1. The second-order valence-corrected chi connectivity index (χ2v) is 4.60. The SMILES string of the molecule is O=C1COc2c(cccc2C(=O)Nc2ccc(F)cc2F)N1. The van der Waals surface area contributed by atoms with E-state index in [1.807, 2.05) is 0 Å². The molecule has 0 radical (unpaired) electrons. The minimum Gasteiger partial charge on any atom is -0.481 e. The smallest absolute Gasteiger partial charge is 0.262 e. The van der Waals surface area contributed by atoms with Crippen molar-refractivity contribution in [3.63, 3.8) is 0 Å². The van der Waals surface area contributed by atoms with Gasteiger partial charge in [-0.2, -0.15) is 0 Å². The van der Waals surface area contributed by atoms with Gasteiger partial charge in [-0.05, 0) is 24.3 Å². The molecule has 2 amide bonds. The van der Waals surface area contributed by atoms with Crippen molar-refractivity contribution < 1.29 is 23.1 Å². The van der Waals surface area contributed by atoms with Crippen LogP contribution < -0.4 is 15.4 Å². The topological polar surface area (TPSA) is 67.4 Å². The van der Waals surface area contributed by atoms with E-state index < -0.39 is 17.5 Å². The van der Waals surface area contributed by atoms with Crippen LogP contribution in [-0.2, 0) is 4.79 Å². The normalized spacial score (nSPS) is 12.9. The summed E-state index contributed by atoms with van der Waals surface area (Å²) in [7, 11) is 0. The van der Waals surface area contributed by atoms with Crippen molar-refractivity contribution in [3.8, 4) is 5.75 Å². The molecule has 0 unspecified atom stereocenters. The number of fused-ring (bicyclic) bond motifs is 1. The monoisotopic (exact) mass is 304 g/mol. The highest BCUT2D eigenvalue weighted by Gasteiger charge is 2.22. The lowest BCUT2D eigenvalue weighted by Crippen LogP contribution is -2.27. The Balaban J connectivity index is 1.90. The van der Waals surface area contributed by atoms with Gasteiger partial charge in [0.25, 0.3) is 11.8 Å². The Hall–Kier alpha value is -2.96. The number of hydrogen-bond donors (Lipinski definition) is 2. The molecule has 2 N–H and O–H groups in total. The highest BCUT2D eigenvalue weighted by atomic mass is 19.1. The Morgan fingerprint density at radius 3 is 2.82 bits per heavy atom. The van der Waals surface area contributed by atoms with Gasteiger partial charge < -0.3 is 15.4 Å². The minimum absolute atomic E-state index is 0.140. The second-order valence-electron chi connectivity index (χ2n) is 4.60. The summed E-state index contributed by atoms with van der Waals surface area (Å²) in [6, 6.07) is 7.46. The number of hydrogen-bond acceptors (Lipinski definition) is 3. The molecule has 7 heteroatoms. The molecule has 0 aromatic heterocycles. The number of para-hydroxylation sites is 1. The number of carbonyl (C=O) groups excluding carboxylic acids is 2. The van der Waals surface area contributed by atoms with E-state index in [0.717, 1.165) is 12.1 Å². The van der Waals surface area contributed by atoms with Gasteiger partial charge in [0.05, 0.1) is 16.9 Å². The lowest BCUT2D eigenvalue weighted by Gasteiger charge is -2.20. The maximum atomic E-state index is 13.6. The van der Waals surface area contributed by atoms with Gasteiger partial charge in [0.1, 0.15) is 11.6 Å². The number of anilines is 2. The van der Waals surface area contributed by atoms with Crippen LogP contribution in [0.5, 0.6) is 5.75 Å². The lowest BCUT2D eigenvalue weighted by molar-refractivity contribution is -0.118. The summed E-state index contributed by atoms with van der Waals surface area (Å²) in [5.41, 5.74) is 0.355. The predicted octanol–water partition coefficient (Wildman–Crippen LogP) is 2.55. The molecule has 0 atom stereocenters. The van der Waals surface area contributed by atoms with Crippen LogP contribution in [0, 0.1) is 11.6 Å². The molecule has 112 valence electrons. The number of benzene rings is 2. The van der Waals surface area contributed by atoms with Crippen LogP contribution in [0.2, 0.25) is 0 Å². The first kappa shape index (κ1) is 14.0. The third kappa shape index (κ3) is 2.60. The summed E-state index contributed by atoms with van der Waals surface area (Å²) in [4.78, 5) is 23.5. The summed E-state index contributed by atoms with van der Waals surface area (Å²) in [5.74, 6) is -2.36. The van der Waals surface area contributed by atoms with E-state index >= 15 is 0 Å². The molecule has 0 spiro atoms. The van der Waals surface area contributed by atoms with Gasteiger partial charge in [-0.15, -0.1) is 0 Å². The van der Waals surface area contributed by atoms with Crippen molar-refractivity contribution in [1.29, 1.82) is 0 Å². The van der Waals surface area contributed by atoms with Crippen LogP contribution >= 0.6 is 0 Å². The lowest BCUT2D eigenvalue weighted by atomic mass is 10.1. The first-order chi connectivity index (χ1) is 10.5. The molecule has 0 saturated heterocycles. The van der Waals surface area contributed by atoms with E-state index in [1.165, 1.54) is 6.07 Å². The van der Waals surface area contributed by atoms with Crippen LogP contribution in [0.25, 0.3) is 0 Å². The molecule has 1 heterocycles. The summed E-state index contributed by atoms with van der Waals surface area (Å²) in [5, 5.41) is 4.91. The van der Waals surface area contributed by atoms with Crippen molar-refractivity contribution in [2.45, 2.75) is 0 Å². The zero-order valence-electron chi connectivity index (χ0n) is 11.2. The molecule has 2 aromatic carbocycles. The van der Waals surface area contributed by atoms with Crippen molar-refractivity contribution >= 4 is 23.2 Å². The van der Waals surface area contributed by atoms with Gasteiger partial charge in [0, 0.05) is 6.07 Å². The highest BCUT2D eigenvalue weighted by Crippen LogP contribution is 2.32. The van der Waals surface area contributed by atoms with Crippen molar-refractivity contribution in [2.24, 2.45) is 0 Å². The molecule has 3 rings (SSSR count). The van der Waals surface area contributed by atoms with E-state index in [1.54, 1.807) is 12.1 Å². The van der Waals surface area contributed by atoms with Crippen molar-refractivity contribution in [3.05, 3.63) is 53.6 Å². The van der Waals surface area contributed by atoms with Crippen LogP contribution in [0.1, 0.15) is 10.4 Å². The van der Waals surface area contributed by atoms with Gasteiger partial charge in [-0.1, -0.05) is 6.07 Å². The van der Waals surface area contributed by atoms with Crippen LogP contribution in [0.4, 0.5) is 20.2 Å². The molecule has 22 heavy (non-hydrogen) atoms. The molecule has 0 fully saturated rings. The third-order valence-electron chi connectivity index (χ3n) is 3.06. The highest BCUT2D eigenvalue weighted by molar-refractivity contribution is 6.09. The standard InChI is InChI=1S/C15H10F2N2O3/c16-8-4-5-11(10(17)6-8)19-15(21)9-2-1-3-12-14(9)22-7-13(20)18-12/h1-6H,7H2,(H,18,20)(H,19,21). The van der Waals surface area contributed by atoms with Crippen LogP contribution in [0.15, 0.2) is 36.4 Å². The molecule has 2 aromatic rings. The minimum atomic E-state index is -0.882. The van der Waals surface area contributed by atoms with E-state index in [4.69, 9.17) is 4.74 Å². The average molecular weight is 304 g/mol. The van der Waals surface area contributed by atoms with E-state index in [2.05, 4.69) is 10.6 Å². The number of amides is 2. The van der Waals surface area contributed by atoms with Crippen LogP contribution in [0.3, 0.4) is 0 Å². The Morgan fingerprint density at radius 2 is 2.05 bits per heavy atom. The number of nitrogens with one attached hydrogen (secondary N) is 2. The van der Waals surface area contributed by atoms with E-state index in [9.17, 15) is 18.4 Å². The summed E-state index contributed by atoms with van der Waals surface area (Å²) in [6.07, 6.45) is 0. The molecular weight excluding hydrogens is 294 g/mol. The number of halogens is 2. The summed E-state index contributed by atoms with van der Waals surface area (Å²) >= 11 is 0. The Morgan fingerprint density at radius 1 is 1.23 bits per heavy atom. The summed E-state index contributed by atoms with van der Waals surface area (Å²) in [6.45, 7) is -0.206. The van der Waals surface area contributed by atoms with E-state index in [-0.39, 0.29) is 29.5 Å². The molecule has 0 bridgehead atoms. The Kier molecular flexibility index (Phi) is 3.46. The third-order valence-corrected chi connectivity index (χ3v) is 3.06. The van der Waals surface area contributed by atoms with Gasteiger partial charge in [-0.3, -0.25) is 9.59 Å². The maximum Gasteiger partial charge on any atom is 0.262 e. The molecule has 1 aliphatic heterocycles. The maximum absolute atomic E-state index is 13.6. The van der Waals surface area contributed by atoms with Crippen molar-refractivity contribution in [2.75, 3.05) is 17.2 Å². The quantitative estimate of drug-likeness (QED) is 0.896. The second kappa shape index (κ2) is 5.44. The zero-order chi connectivity index (χ0) is 15.7. The van der Waals surface area contributed by atoms with Gasteiger partial charge >= 0.3 is 0 Å². The first-order valence-corrected chi connectivity index (χ1v) is 6.36. The Labute approximate surface area is 123 Å². The fraction of sp³-hybridized carbons (Fsp3) is 0.0667. The van der Waals surface area contributed by atoms with Crippen molar-refractivity contribution in [1.82, 2.24) is 0 Å². The molecule has 0 aliphatic carbocycles. The number of rotatable bonds is 2. The molecule has 5 nitrogen and oxygen atoms in total. The first-order valence-electron chi connectivity index (χ1n) is 6.36. The van der Waals surface area contributed by atoms with Crippen LogP contribution in [-0.4, -0.2) is 18.4 Å². The van der Waals surface area contributed by atoms with Gasteiger partial charge in [0.15, 0.2) is 12.4 Å². The average Bonchev–Trinajstić information content (AvgIpc) is 2.49. The fourth-order valence-electron chi connectivity index (χ4n) is 2.07. The predicted molar refractivity (Wildman–Crippen MR) is 74.9 cm³/mol.